The van der Waals surface area contributed by atoms with E-state index in [0.29, 0.717) is 18.1 Å². The van der Waals surface area contributed by atoms with Crippen LogP contribution in [0.3, 0.4) is 0 Å². The van der Waals surface area contributed by atoms with E-state index in [1.807, 2.05) is 32.9 Å². The molecule has 1 N–H and O–H groups in total. The Morgan fingerprint density at radius 3 is 2.55 bits per heavy atom. The number of nitrogens with zero attached hydrogens (tertiary/aromatic N) is 3. The molecule has 6 heteroatoms. The van der Waals surface area contributed by atoms with Crippen molar-refractivity contribution in [1.29, 1.82) is 0 Å². The van der Waals surface area contributed by atoms with Crippen molar-refractivity contribution < 1.29 is 14.4 Å². The first-order chi connectivity index (χ1) is 9.44. The third kappa shape index (κ3) is 3.63. The molecule has 2 aromatic heterocycles. The molecular weight excluding hydrogens is 258 g/mol. The maximum absolute atomic E-state index is 10.6. The Labute approximate surface area is 116 Å². The zero-order chi connectivity index (χ0) is 14.7. The number of aliphatic carboxylic acids is 1. The van der Waals surface area contributed by atoms with E-state index in [0.717, 1.165) is 17.0 Å². The molecule has 1 unspecified atom stereocenters. The van der Waals surface area contributed by atoms with Gasteiger partial charge in [0.2, 0.25) is 11.7 Å². The van der Waals surface area contributed by atoms with Crippen LogP contribution in [0.1, 0.15) is 30.6 Å². The lowest BCUT2D eigenvalue weighted by atomic mass is 10.0. The summed E-state index contributed by atoms with van der Waals surface area (Å²) in [6.07, 6.45) is 0.549. The van der Waals surface area contributed by atoms with Gasteiger partial charge in [0.05, 0.1) is 0 Å². The van der Waals surface area contributed by atoms with Gasteiger partial charge >= 0.3 is 5.97 Å². The molecule has 2 heterocycles. The van der Waals surface area contributed by atoms with Crippen molar-refractivity contribution in [1.82, 2.24) is 15.1 Å². The Hall–Kier alpha value is -2.24. The van der Waals surface area contributed by atoms with E-state index in [2.05, 4.69) is 15.1 Å². The summed E-state index contributed by atoms with van der Waals surface area (Å²) < 4.78 is 5.18. The highest BCUT2D eigenvalue weighted by Gasteiger charge is 2.15. The SMILES string of the molecule is Cc1cc(-c2noc(CC(C)CC(=O)O)n2)cc(C)n1. The van der Waals surface area contributed by atoms with E-state index in [1.54, 1.807) is 0 Å². The Bertz CT molecular complexity index is 602. The molecule has 0 saturated heterocycles. The maximum Gasteiger partial charge on any atom is 0.303 e. The first-order valence-electron chi connectivity index (χ1n) is 6.44. The lowest BCUT2D eigenvalue weighted by Gasteiger charge is -2.03. The highest BCUT2D eigenvalue weighted by Crippen LogP contribution is 2.19. The van der Waals surface area contributed by atoms with Crippen LogP contribution < -0.4 is 0 Å². The molecule has 0 saturated carbocycles. The highest BCUT2D eigenvalue weighted by atomic mass is 16.5. The first-order valence-corrected chi connectivity index (χ1v) is 6.44. The van der Waals surface area contributed by atoms with Crippen LogP contribution >= 0.6 is 0 Å². The Kier molecular flexibility index (Phi) is 4.12. The topological polar surface area (TPSA) is 89.1 Å². The van der Waals surface area contributed by atoms with Crippen LogP contribution in [0, 0.1) is 19.8 Å². The van der Waals surface area contributed by atoms with Crippen LogP contribution in [0.5, 0.6) is 0 Å². The van der Waals surface area contributed by atoms with Crippen molar-refractivity contribution >= 4 is 5.97 Å². The summed E-state index contributed by atoms with van der Waals surface area (Å²) in [5.41, 5.74) is 2.65. The van der Waals surface area contributed by atoms with Gasteiger partial charge in [-0.05, 0) is 31.9 Å². The van der Waals surface area contributed by atoms with Crippen molar-refractivity contribution in [2.24, 2.45) is 5.92 Å². The number of aromatic nitrogens is 3. The van der Waals surface area contributed by atoms with E-state index < -0.39 is 5.97 Å². The molecule has 20 heavy (non-hydrogen) atoms. The summed E-state index contributed by atoms with van der Waals surface area (Å²) in [6.45, 7) is 5.66. The number of carboxylic acid groups (broad SMARTS) is 1. The first kappa shape index (κ1) is 14.2. The molecule has 1 atom stereocenters. The van der Waals surface area contributed by atoms with Crippen molar-refractivity contribution in [3.63, 3.8) is 0 Å². The van der Waals surface area contributed by atoms with Gasteiger partial charge in [-0.1, -0.05) is 12.1 Å². The maximum atomic E-state index is 10.6. The van der Waals surface area contributed by atoms with Crippen LogP contribution in [0.25, 0.3) is 11.4 Å². The fourth-order valence-electron chi connectivity index (χ4n) is 2.09. The minimum absolute atomic E-state index is 0.0401. The molecule has 0 aliphatic heterocycles. The zero-order valence-corrected chi connectivity index (χ0v) is 11.8. The number of aryl methyl sites for hydroxylation is 2. The predicted molar refractivity (Wildman–Crippen MR) is 72.1 cm³/mol. The molecule has 2 aromatic rings. The molecule has 0 bridgehead atoms. The standard InChI is InChI=1S/C14H17N3O3/c1-8(5-13(18)19)4-12-16-14(17-20-12)11-6-9(2)15-10(3)7-11/h6-8H,4-5H2,1-3H3,(H,18,19). The van der Waals surface area contributed by atoms with Crippen LogP contribution in [-0.4, -0.2) is 26.2 Å². The van der Waals surface area contributed by atoms with Crippen molar-refractivity contribution in [3.8, 4) is 11.4 Å². The lowest BCUT2D eigenvalue weighted by Crippen LogP contribution is -2.07. The molecule has 0 amide bonds. The smallest absolute Gasteiger partial charge is 0.303 e. The van der Waals surface area contributed by atoms with E-state index in [4.69, 9.17) is 9.63 Å². The molecule has 0 spiro atoms. The number of pyridine rings is 1. The second-order valence-corrected chi connectivity index (χ2v) is 5.06. The summed E-state index contributed by atoms with van der Waals surface area (Å²) in [5, 5.41) is 12.7. The molecule has 6 nitrogen and oxygen atoms in total. The van der Waals surface area contributed by atoms with E-state index >= 15 is 0 Å². The minimum atomic E-state index is -0.822. The van der Waals surface area contributed by atoms with Crippen molar-refractivity contribution in [2.75, 3.05) is 0 Å². The van der Waals surface area contributed by atoms with Gasteiger partial charge in [0, 0.05) is 29.8 Å². The van der Waals surface area contributed by atoms with Crippen LogP contribution in [0.2, 0.25) is 0 Å². The van der Waals surface area contributed by atoms with Gasteiger partial charge < -0.3 is 9.63 Å². The summed E-state index contributed by atoms with van der Waals surface area (Å²) in [6, 6.07) is 3.78. The summed E-state index contributed by atoms with van der Waals surface area (Å²) >= 11 is 0. The largest absolute Gasteiger partial charge is 0.481 e. The number of rotatable bonds is 5. The summed E-state index contributed by atoms with van der Waals surface area (Å²) in [4.78, 5) is 19.2. The third-order valence-electron chi connectivity index (χ3n) is 2.85. The molecule has 0 fully saturated rings. The molecule has 106 valence electrons. The Balaban J connectivity index is 2.14. The minimum Gasteiger partial charge on any atom is -0.481 e. The molecule has 0 aliphatic rings. The quantitative estimate of drug-likeness (QED) is 0.901. The van der Waals surface area contributed by atoms with Crippen LogP contribution in [0.15, 0.2) is 16.7 Å². The van der Waals surface area contributed by atoms with Gasteiger partial charge in [0.15, 0.2) is 0 Å². The van der Waals surface area contributed by atoms with Gasteiger partial charge in [-0.15, -0.1) is 0 Å². The van der Waals surface area contributed by atoms with Gasteiger partial charge in [0.25, 0.3) is 0 Å². The molecule has 0 radical (unpaired) electrons. The monoisotopic (exact) mass is 275 g/mol. The summed E-state index contributed by atoms with van der Waals surface area (Å²) in [7, 11) is 0. The average Bonchev–Trinajstić information content (AvgIpc) is 2.74. The average molecular weight is 275 g/mol. The third-order valence-corrected chi connectivity index (χ3v) is 2.85. The van der Waals surface area contributed by atoms with E-state index in [1.165, 1.54) is 0 Å². The lowest BCUT2D eigenvalue weighted by molar-refractivity contribution is -0.137. The number of hydrogen-bond donors (Lipinski definition) is 1. The highest BCUT2D eigenvalue weighted by molar-refractivity contribution is 5.67. The van der Waals surface area contributed by atoms with Crippen molar-refractivity contribution in [3.05, 3.63) is 29.4 Å². The Morgan fingerprint density at radius 1 is 1.30 bits per heavy atom. The second kappa shape index (κ2) is 5.81. The van der Waals surface area contributed by atoms with Gasteiger partial charge in [0.1, 0.15) is 0 Å². The fourth-order valence-corrected chi connectivity index (χ4v) is 2.09. The van der Waals surface area contributed by atoms with Crippen LogP contribution in [-0.2, 0) is 11.2 Å². The van der Waals surface area contributed by atoms with Crippen molar-refractivity contribution in [2.45, 2.75) is 33.6 Å². The molecular formula is C14H17N3O3. The molecule has 2 rings (SSSR count). The fraction of sp³-hybridized carbons (Fsp3) is 0.429. The number of carbonyl (C=O) groups is 1. The number of carboxylic acids is 1. The van der Waals surface area contributed by atoms with Gasteiger partial charge in [-0.2, -0.15) is 4.98 Å². The second-order valence-electron chi connectivity index (χ2n) is 5.06. The Morgan fingerprint density at radius 2 is 1.95 bits per heavy atom. The zero-order valence-electron chi connectivity index (χ0n) is 11.8. The molecule has 0 aliphatic carbocycles. The predicted octanol–water partition coefficient (Wildman–Crippen LogP) is 2.40. The van der Waals surface area contributed by atoms with Gasteiger partial charge in [-0.25, -0.2) is 0 Å². The van der Waals surface area contributed by atoms with E-state index in [9.17, 15) is 4.79 Å². The van der Waals surface area contributed by atoms with E-state index in [-0.39, 0.29) is 12.3 Å². The van der Waals surface area contributed by atoms with Crippen LogP contribution in [0.4, 0.5) is 0 Å². The van der Waals surface area contributed by atoms with Gasteiger partial charge in [-0.3, -0.25) is 9.78 Å². The summed E-state index contributed by atoms with van der Waals surface area (Å²) in [5.74, 6) is 0.108. The molecule has 0 aromatic carbocycles. The normalized spacial score (nSPS) is 12.3. The number of hydrogen-bond acceptors (Lipinski definition) is 5.